The summed E-state index contributed by atoms with van der Waals surface area (Å²) in [6.07, 6.45) is 0. The smallest absolute Gasteiger partial charge is 0.248 e. The van der Waals surface area contributed by atoms with Gasteiger partial charge in [-0.05, 0) is 37.3 Å². The van der Waals surface area contributed by atoms with Crippen molar-refractivity contribution in [3.8, 4) is 11.3 Å². The van der Waals surface area contributed by atoms with Gasteiger partial charge in [-0.2, -0.15) is 0 Å². The second kappa shape index (κ2) is 8.60. The van der Waals surface area contributed by atoms with Crippen molar-refractivity contribution in [3.05, 3.63) is 63.9 Å². The third kappa shape index (κ3) is 4.11. The molecule has 0 radical (unpaired) electrons. The zero-order valence-electron chi connectivity index (χ0n) is 14.6. The summed E-state index contributed by atoms with van der Waals surface area (Å²) in [4.78, 5) is 23.6. The van der Waals surface area contributed by atoms with Crippen molar-refractivity contribution >= 4 is 56.9 Å². The van der Waals surface area contributed by atoms with E-state index in [0.717, 1.165) is 11.3 Å². The van der Waals surface area contributed by atoms with Crippen molar-refractivity contribution in [3.63, 3.8) is 0 Å². The van der Waals surface area contributed by atoms with Gasteiger partial charge in [-0.25, -0.2) is 0 Å². The third-order valence-electron chi connectivity index (χ3n) is 3.85. The summed E-state index contributed by atoms with van der Waals surface area (Å²) >= 11 is 13.0. The van der Waals surface area contributed by atoms with Crippen molar-refractivity contribution in [1.82, 2.24) is 4.57 Å². The average molecular weight is 433 g/mol. The topological polar surface area (TPSA) is 87.6 Å². The van der Waals surface area contributed by atoms with Gasteiger partial charge in [-0.1, -0.05) is 41.1 Å². The second-order valence-electron chi connectivity index (χ2n) is 5.71. The van der Waals surface area contributed by atoms with Gasteiger partial charge in [-0.3, -0.25) is 19.6 Å². The van der Waals surface area contributed by atoms with E-state index < -0.39 is 5.91 Å². The number of nitrogens with zero attached hydrogens (tertiary/aromatic N) is 3. The summed E-state index contributed by atoms with van der Waals surface area (Å²) in [6, 6.07) is 13.6. The van der Waals surface area contributed by atoms with Crippen LogP contribution in [0.25, 0.3) is 11.3 Å². The molecule has 1 aromatic heterocycles. The number of carbonyl (C=O) groups is 2. The molecule has 142 valence electrons. The summed E-state index contributed by atoms with van der Waals surface area (Å²) in [6.45, 7) is 1.49. The van der Waals surface area contributed by atoms with Crippen molar-refractivity contribution < 1.29 is 9.59 Å². The Bertz CT molecular complexity index is 1130. The van der Waals surface area contributed by atoms with Gasteiger partial charge in [0, 0.05) is 11.1 Å². The first-order valence-corrected chi connectivity index (χ1v) is 9.82. The average Bonchev–Trinajstić information content (AvgIpc) is 3.02. The van der Waals surface area contributed by atoms with Gasteiger partial charge < -0.3 is 0 Å². The van der Waals surface area contributed by atoms with E-state index >= 15 is 0 Å². The number of aromatic nitrogens is 1. The first kappa shape index (κ1) is 20.1. The standard InChI is InChI=1S/C19H14Cl2N4O2S/c1-11(26)12-6-8-13(9-7-12)23-24-18-17(14-4-2-3-5-15(14)21)25(16(27)10-20)19(22)28-18/h2-9,22H,10H2,1H3. The number of benzene rings is 2. The second-order valence-corrected chi connectivity index (χ2v) is 7.36. The zero-order valence-corrected chi connectivity index (χ0v) is 17.0. The number of rotatable bonds is 5. The van der Waals surface area contributed by atoms with Crippen LogP contribution in [0.3, 0.4) is 0 Å². The molecule has 1 heterocycles. The van der Waals surface area contributed by atoms with Gasteiger partial charge in [0.25, 0.3) is 0 Å². The molecule has 28 heavy (non-hydrogen) atoms. The Morgan fingerprint density at radius 3 is 2.39 bits per heavy atom. The summed E-state index contributed by atoms with van der Waals surface area (Å²) in [5.74, 6) is -0.777. The fourth-order valence-electron chi connectivity index (χ4n) is 2.50. The van der Waals surface area contributed by atoms with E-state index in [1.165, 1.54) is 11.5 Å². The van der Waals surface area contributed by atoms with Gasteiger partial charge in [0.05, 0.1) is 16.4 Å². The number of halogens is 2. The zero-order chi connectivity index (χ0) is 20.3. The van der Waals surface area contributed by atoms with Crippen LogP contribution in [0.2, 0.25) is 5.02 Å². The van der Waals surface area contributed by atoms with Crippen LogP contribution in [0, 0.1) is 5.41 Å². The molecule has 0 unspecified atom stereocenters. The molecule has 0 aliphatic carbocycles. The lowest BCUT2D eigenvalue weighted by Gasteiger charge is -2.08. The van der Waals surface area contributed by atoms with E-state index in [2.05, 4.69) is 10.2 Å². The van der Waals surface area contributed by atoms with Crippen molar-refractivity contribution in [2.45, 2.75) is 6.92 Å². The van der Waals surface area contributed by atoms with Crippen LogP contribution in [0.15, 0.2) is 58.8 Å². The van der Waals surface area contributed by atoms with Gasteiger partial charge in [0.15, 0.2) is 15.6 Å². The Balaban J connectivity index is 2.11. The number of hydrogen-bond acceptors (Lipinski definition) is 6. The number of azo groups is 1. The number of nitrogens with one attached hydrogen (secondary N) is 1. The Morgan fingerprint density at radius 1 is 1.11 bits per heavy atom. The number of Topliss-reactive ketones (excluding diaryl/α,β-unsaturated/α-hetero) is 1. The van der Waals surface area contributed by atoms with E-state index in [1.807, 2.05) is 0 Å². The maximum atomic E-state index is 12.3. The van der Waals surface area contributed by atoms with Crippen LogP contribution >= 0.6 is 34.5 Å². The van der Waals surface area contributed by atoms with Crippen molar-refractivity contribution in [2.75, 3.05) is 5.88 Å². The number of alkyl halides is 1. The SMILES string of the molecule is CC(=O)c1ccc(N=Nc2sc(=N)n(C(=O)CCl)c2-c2ccccc2Cl)cc1. The lowest BCUT2D eigenvalue weighted by atomic mass is 10.1. The number of thiazole rings is 1. The molecule has 3 rings (SSSR count). The maximum Gasteiger partial charge on any atom is 0.248 e. The quantitative estimate of drug-likeness (QED) is 0.311. The van der Waals surface area contributed by atoms with Crippen LogP contribution in [-0.2, 0) is 0 Å². The van der Waals surface area contributed by atoms with Gasteiger partial charge in [-0.15, -0.1) is 21.8 Å². The van der Waals surface area contributed by atoms with Gasteiger partial charge in [0.1, 0.15) is 5.88 Å². The monoisotopic (exact) mass is 432 g/mol. The van der Waals surface area contributed by atoms with E-state index in [0.29, 0.717) is 32.5 Å². The summed E-state index contributed by atoms with van der Waals surface area (Å²) in [5.41, 5.74) is 2.03. The van der Waals surface area contributed by atoms with Gasteiger partial charge >= 0.3 is 0 Å². The first-order valence-electron chi connectivity index (χ1n) is 8.09. The third-order valence-corrected chi connectivity index (χ3v) is 5.25. The van der Waals surface area contributed by atoms with E-state index in [9.17, 15) is 9.59 Å². The predicted molar refractivity (Wildman–Crippen MR) is 111 cm³/mol. The molecule has 9 heteroatoms. The molecule has 1 N–H and O–H groups in total. The number of ketones is 1. The Morgan fingerprint density at radius 2 is 1.79 bits per heavy atom. The summed E-state index contributed by atoms with van der Waals surface area (Å²) < 4.78 is 1.19. The minimum Gasteiger partial charge on any atom is -0.295 e. The first-order chi connectivity index (χ1) is 13.4. The minimum absolute atomic E-state index is 0.0264. The predicted octanol–water partition coefficient (Wildman–Crippen LogP) is 5.85. The van der Waals surface area contributed by atoms with Crippen LogP contribution in [-0.4, -0.2) is 22.1 Å². The molecule has 0 atom stereocenters. The van der Waals surface area contributed by atoms with E-state index in [4.69, 9.17) is 28.6 Å². The molecule has 0 amide bonds. The van der Waals surface area contributed by atoms with Gasteiger partial charge in [0.2, 0.25) is 5.91 Å². The Hall–Kier alpha value is -2.61. The molecule has 0 saturated heterocycles. The minimum atomic E-state index is -0.454. The van der Waals surface area contributed by atoms with Crippen LogP contribution in [0.5, 0.6) is 0 Å². The molecule has 0 aliphatic rings. The highest BCUT2D eigenvalue weighted by Crippen LogP contribution is 2.37. The molecular formula is C19H14Cl2N4O2S. The normalized spacial score (nSPS) is 11.1. The van der Waals surface area contributed by atoms with Crippen molar-refractivity contribution in [2.24, 2.45) is 10.2 Å². The molecule has 6 nitrogen and oxygen atoms in total. The fourth-order valence-corrected chi connectivity index (χ4v) is 3.69. The maximum absolute atomic E-state index is 12.3. The van der Waals surface area contributed by atoms with E-state index in [1.54, 1.807) is 48.5 Å². The molecular weight excluding hydrogens is 419 g/mol. The van der Waals surface area contributed by atoms with E-state index in [-0.39, 0.29) is 16.5 Å². The van der Waals surface area contributed by atoms with Crippen LogP contribution in [0.4, 0.5) is 10.7 Å². The molecule has 0 spiro atoms. The lowest BCUT2D eigenvalue weighted by Crippen LogP contribution is -2.23. The number of carbonyl (C=O) groups excluding carboxylic acids is 2. The summed E-state index contributed by atoms with van der Waals surface area (Å²) in [7, 11) is 0. The molecule has 0 saturated carbocycles. The van der Waals surface area contributed by atoms with Crippen LogP contribution < -0.4 is 4.80 Å². The highest BCUT2D eigenvalue weighted by Gasteiger charge is 2.21. The highest BCUT2D eigenvalue weighted by molar-refractivity contribution is 7.13. The molecule has 0 aliphatic heterocycles. The van der Waals surface area contributed by atoms with Crippen LogP contribution in [0.1, 0.15) is 22.1 Å². The fraction of sp³-hybridized carbons (Fsp3) is 0.105. The lowest BCUT2D eigenvalue weighted by molar-refractivity contribution is 0.0937. The largest absolute Gasteiger partial charge is 0.295 e. The number of hydrogen-bond donors (Lipinski definition) is 1. The van der Waals surface area contributed by atoms with Crippen molar-refractivity contribution in [1.29, 1.82) is 5.41 Å². The molecule has 3 aromatic rings. The molecule has 0 fully saturated rings. The highest BCUT2D eigenvalue weighted by atomic mass is 35.5. The molecule has 2 aromatic carbocycles. The molecule has 0 bridgehead atoms. The summed E-state index contributed by atoms with van der Waals surface area (Å²) in [5, 5.41) is 17.3. The Kier molecular flexibility index (Phi) is 6.18. The Labute approximate surface area is 174 Å².